The molecule has 0 spiro atoms. The number of fused-ring (bicyclic) bond motifs is 3. The molecule has 2 aliphatic rings. The highest BCUT2D eigenvalue weighted by Crippen LogP contribution is 2.40. The molecule has 9 nitrogen and oxygen atoms in total. The lowest BCUT2D eigenvalue weighted by molar-refractivity contribution is -0.165. The molecule has 1 aromatic rings. The molecule has 1 saturated heterocycles. The first-order valence-corrected chi connectivity index (χ1v) is 8.26. The Hall–Kier alpha value is -2.20. The van der Waals surface area contributed by atoms with Crippen LogP contribution in [0.2, 0.25) is 0 Å². The largest absolute Gasteiger partial charge is 0.479 e. The van der Waals surface area contributed by atoms with Gasteiger partial charge in [0.05, 0.1) is 12.6 Å². The second-order valence-electron chi connectivity index (χ2n) is 6.24. The molecule has 0 aromatic heterocycles. The third kappa shape index (κ3) is 4.50. The Morgan fingerprint density at radius 1 is 1.19 bits per heavy atom. The van der Waals surface area contributed by atoms with Gasteiger partial charge in [-0.2, -0.15) is 0 Å². The highest BCUT2D eigenvalue weighted by atomic mass is 16.5. The van der Waals surface area contributed by atoms with Crippen LogP contribution in [0.15, 0.2) is 24.3 Å². The lowest BCUT2D eigenvalue weighted by Crippen LogP contribution is -2.40. The van der Waals surface area contributed by atoms with Crippen molar-refractivity contribution in [1.82, 2.24) is 5.32 Å². The van der Waals surface area contributed by atoms with Gasteiger partial charge in [0.25, 0.3) is 0 Å². The van der Waals surface area contributed by atoms with E-state index in [1.165, 1.54) is 17.7 Å². The topological polar surface area (TPSA) is 148 Å². The maximum Gasteiger partial charge on any atom is 0.335 e. The molecule has 2 heterocycles. The fourth-order valence-electron chi connectivity index (χ4n) is 3.32. The number of methoxy groups -OCH3 is 1. The molecule has 2 aliphatic heterocycles. The monoisotopic (exact) mass is 368 g/mol. The van der Waals surface area contributed by atoms with E-state index in [9.17, 15) is 9.59 Å². The van der Waals surface area contributed by atoms with Gasteiger partial charge in [0, 0.05) is 24.8 Å². The fourth-order valence-corrected chi connectivity index (χ4v) is 3.32. The van der Waals surface area contributed by atoms with Crippen molar-refractivity contribution in [2.45, 2.75) is 30.7 Å². The number of ether oxygens (including phenoxy) is 1. The van der Waals surface area contributed by atoms with Gasteiger partial charge in [-0.05, 0) is 24.6 Å². The van der Waals surface area contributed by atoms with Crippen molar-refractivity contribution in [3.8, 4) is 0 Å². The first kappa shape index (κ1) is 20.1. The highest BCUT2D eigenvalue weighted by molar-refractivity contribution is 5.83. The van der Waals surface area contributed by atoms with Crippen molar-refractivity contribution in [3.05, 3.63) is 29.8 Å². The summed E-state index contributed by atoms with van der Waals surface area (Å²) in [5, 5.41) is 39.7. The van der Waals surface area contributed by atoms with E-state index < -0.39 is 24.1 Å². The van der Waals surface area contributed by atoms with Crippen LogP contribution in [0, 0.1) is 5.92 Å². The Labute approximate surface area is 150 Å². The first-order chi connectivity index (χ1) is 12.4. The number of carboxylic acid groups (broad SMARTS) is 2. The summed E-state index contributed by atoms with van der Waals surface area (Å²) < 4.78 is 5.31. The number of anilines is 1. The summed E-state index contributed by atoms with van der Waals surface area (Å²) in [4.78, 5) is 19.5. The van der Waals surface area contributed by atoms with Crippen LogP contribution in [0.25, 0.3) is 0 Å². The van der Waals surface area contributed by atoms with Gasteiger partial charge in [0.2, 0.25) is 0 Å². The van der Waals surface area contributed by atoms with Gasteiger partial charge in [-0.3, -0.25) is 0 Å². The van der Waals surface area contributed by atoms with E-state index in [1.54, 1.807) is 7.11 Å². The second-order valence-corrected chi connectivity index (χ2v) is 6.24. The molecule has 26 heavy (non-hydrogen) atoms. The van der Waals surface area contributed by atoms with Crippen LogP contribution in [0.5, 0.6) is 0 Å². The zero-order chi connectivity index (χ0) is 19.3. The maximum atomic E-state index is 9.77. The first-order valence-electron chi connectivity index (χ1n) is 8.26. The lowest BCUT2D eigenvalue weighted by atomic mass is 9.84. The number of benzene rings is 1. The average molecular weight is 368 g/mol. The number of para-hydroxylation sites is 1. The van der Waals surface area contributed by atoms with E-state index in [4.69, 9.17) is 25.2 Å². The number of aliphatic carboxylic acids is 2. The predicted molar refractivity (Wildman–Crippen MR) is 91.9 cm³/mol. The van der Waals surface area contributed by atoms with Gasteiger partial charge >= 0.3 is 11.9 Å². The number of aliphatic hydroxyl groups excluding tert-OH is 2. The van der Waals surface area contributed by atoms with E-state index in [0.29, 0.717) is 18.0 Å². The number of carbonyl (C=O) groups is 2. The fraction of sp³-hybridized carbons (Fsp3) is 0.529. The summed E-state index contributed by atoms with van der Waals surface area (Å²) in [6.07, 6.45) is -3.30. The van der Waals surface area contributed by atoms with Gasteiger partial charge in [0.1, 0.15) is 0 Å². The normalized spacial score (nSPS) is 25.6. The van der Waals surface area contributed by atoms with Crippen molar-refractivity contribution in [2.24, 2.45) is 5.92 Å². The van der Waals surface area contributed by atoms with Crippen LogP contribution in [0.1, 0.15) is 18.0 Å². The summed E-state index contributed by atoms with van der Waals surface area (Å²) in [6.45, 7) is 1.91. The summed E-state index contributed by atoms with van der Waals surface area (Å²) in [7, 11) is 1.78. The van der Waals surface area contributed by atoms with Gasteiger partial charge in [-0.15, -0.1) is 0 Å². The van der Waals surface area contributed by atoms with E-state index in [2.05, 4.69) is 34.9 Å². The molecule has 9 heteroatoms. The molecular formula is C17H24N2O7. The van der Waals surface area contributed by atoms with Crippen LogP contribution >= 0.6 is 0 Å². The van der Waals surface area contributed by atoms with Gasteiger partial charge in [0.15, 0.2) is 12.2 Å². The maximum absolute atomic E-state index is 9.77. The number of aliphatic hydroxyl groups is 2. The SMILES string of the molecule is COC[C@@H]1Nc2ccccc2[C@@H]2NCC[C@H]12.O=C(O)C(O)C(O)C(=O)O. The summed E-state index contributed by atoms with van der Waals surface area (Å²) in [6, 6.07) is 9.55. The van der Waals surface area contributed by atoms with Crippen molar-refractivity contribution >= 4 is 17.6 Å². The molecule has 1 fully saturated rings. The van der Waals surface area contributed by atoms with Crippen molar-refractivity contribution in [3.63, 3.8) is 0 Å². The highest BCUT2D eigenvalue weighted by Gasteiger charge is 2.39. The second kappa shape index (κ2) is 8.95. The molecular weight excluding hydrogens is 344 g/mol. The van der Waals surface area contributed by atoms with Gasteiger partial charge < -0.3 is 35.8 Å². The Bertz CT molecular complexity index is 621. The average Bonchev–Trinajstić information content (AvgIpc) is 3.11. The van der Waals surface area contributed by atoms with E-state index in [0.717, 1.165) is 13.2 Å². The van der Waals surface area contributed by atoms with Crippen LogP contribution in [-0.4, -0.2) is 70.9 Å². The molecule has 5 atom stereocenters. The van der Waals surface area contributed by atoms with E-state index in [1.807, 2.05) is 0 Å². The van der Waals surface area contributed by atoms with E-state index in [-0.39, 0.29) is 0 Å². The standard InChI is InChI=1S/C13H18N2O.C4H6O6/c1-16-8-12-10-6-7-14-13(10)9-4-2-3-5-11(9)15-12;5-1(3(7)8)2(6)4(9)10/h2-5,10,12-15H,6-8H2,1H3;1-2,5-6H,(H,7,8)(H,9,10)/t10-,12+,13+;/m1./s1. The zero-order valence-corrected chi connectivity index (χ0v) is 14.3. The summed E-state index contributed by atoms with van der Waals surface area (Å²) in [5.74, 6) is -2.88. The third-order valence-electron chi connectivity index (χ3n) is 4.57. The Balaban J connectivity index is 0.000000213. The minimum atomic E-state index is -2.27. The molecule has 1 aromatic carbocycles. The minimum absolute atomic E-state index is 0.444. The smallest absolute Gasteiger partial charge is 0.335 e. The summed E-state index contributed by atoms with van der Waals surface area (Å²) >= 11 is 0. The van der Waals surface area contributed by atoms with Gasteiger partial charge in [-0.1, -0.05) is 18.2 Å². The molecule has 0 bridgehead atoms. The number of rotatable bonds is 5. The predicted octanol–water partition coefficient (Wildman–Crippen LogP) is -0.345. The minimum Gasteiger partial charge on any atom is -0.479 e. The molecule has 6 N–H and O–H groups in total. The molecule has 2 unspecified atom stereocenters. The van der Waals surface area contributed by atoms with Crippen LogP contribution < -0.4 is 10.6 Å². The van der Waals surface area contributed by atoms with Crippen molar-refractivity contribution in [1.29, 1.82) is 0 Å². The number of hydrogen-bond acceptors (Lipinski definition) is 7. The summed E-state index contributed by atoms with van der Waals surface area (Å²) in [5.41, 5.74) is 2.68. The molecule has 0 amide bonds. The molecule has 144 valence electrons. The Kier molecular flexibility index (Phi) is 6.92. The van der Waals surface area contributed by atoms with Crippen molar-refractivity contribution in [2.75, 3.05) is 25.6 Å². The lowest BCUT2D eigenvalue weighted by Gasteiger charge is -2.36. The quantitative estimate of drug-likeness (QED) is 0.410. The molecule has 0 saturated carbocycles. The Morgan fingerprint density at radius 3 is 2.38 bits per heavy atom. The molecule has 0 radical (unpaired) electrons. The zero-order valence-electron chi connectivity index (χ0n) is 14.3. The van der Waals surface area contributed by atoms with Crippen LogP contribution in [0.4, 0.5) is 5.69 Å². The third-order valence-corrected chi connectivity index (χ3v) is 4.57. The molecule has 3 rings (SSSR count). The molecule has 0 aliphatic carbocycles. The van der Waals surface area contributed by atoms with Crippen LogP contribution in [0.3, 0.4) is 0 Å². The number of hydrogen-bond donors (Lipinski definition) is 6. The van der Waals surface area contributed by atoms with Gasteiger partial charge in [-0.25, -0.2) is 9.59 Å². The number of nitrogens with one attached hydrogen (secondary N) is 2. The van der Waals surface area contributed by atoms with Crippen LogP contribution in [-0.2, 0) is 14.3 Å². The Morgan fingerprint density at radius 2 is 1.81 bits per heavy atom. The number of carboxylic acids is 2. The van der Waals surface area contributed by atoms with Crippen molar-refractivity contribution < 1.29 is 34.8 Å². The van der Waals surface area contributed by atoms with E-state index >= 15 is 0 Å².